The van der Waals surface area contributed by atoms with Gasteiger partial charge in [0.1, 0.15) is 5.75 Å². The van der Waals surface area contributed by atoms with Crippen LogP contribution in [0.5, 0.6) is 5.75 Å². The maximum Gasteiger partial charge on any atom is 0.306 e. The number of nitrogens with zero attached hydrogens (tertiary/aromatic N) is 1. The summed E-state index contributed by atoms with van der Waals surface area (Å²) in [5.41, 5.74) is 2.47. The van der Waals surface area contributed by atoms with Gasteiger partial charge in [0.15, 0.2) is 5.13 Å². The normalized spacial score (nSPS) is 18.4. The van der Waals surface area contributed by atoms with Gasteiger partial charge < -0.3 is 15.5 Å². The molecule has 0 bridgehead atoms. The van der Waals surface area contributed by atoms with Gasteiger partial charge >= 0.3 is 5.97 Å². The molecule has 0 radical (unpaired) electrons. The number of halogens is 2. The lowest BCUT2D eigenvalue weighted by Gasteiger charge is -2.26. The van der Waals surface area contributed by atoms with E-state index in [1.54, 1.807) is 29.5 Å². The number of aromatic nitrogens is 1. The van der Waals surface area contributed by atoms with E-state index in [1.807, 2.05) is 24.3 Å². The summed E-state index contributed by atoms with van der Waals surface area (Å²) in [6.07, 6.45) is 3.79. The van der Waals surface area contributed by atoms with Crippen molar-refractivity contribution in [2.45, 2.75) is 32.1 Å². The summed E-state index contributed by atoms with van der Waals surface area (Å²) in [5, 5.41) is 24.6. The molecule has 3 N–H and O–H groups in total. The lowest BCUT2D eigenvalue weighted by molar-refractivity contribution is -0.143. The van der Waals surface area contributed by atoms with E-state index in [4.69, 9.17) is 28.2 Å². The van der Waals surface area contributed by atoms with Crippen molar-refractivity contribution in [3.8, 4) is 17.0 Å². The number of carboxylic acids is 1. The highest BCUT2D eigenvalue weighted by atomic mass is 35.5. The number of carboxylic acid groups (broad SMARTS) is 1. The zero-order chi connectivity index (χ0) is 22.7. The molecule has 2 aromatic carbocycles. The summed E-state index contributed by atoms with van der Waals surface area (Å²) in [6, 6.07) is 12.5. The molecular weight excluding hydrogens is 467 g/mol. The van der Waals surface area contributed by atoms with Crippen molar-refractivity contribution in [1.82, 2.24) is 4.98 Å². The highest BCUT2D eigenvalue weighted by molar-refractivity contribution is 7.16. The second-order valence-electron chi connectivity index (χ2n) is 8.15. The third-order valence-electron chi connectivity index (χ3n) is 5.95. The van der Waals surface area contributed by atoms with Crippen LogP contribution in [0.2, 0.25) is 10.0 Å². The van der Waals surface area contributed by atoms with Gasteiger partial charge in [0.25, 0.3) is 0 Å². The maximum atomic E-state index is 11.2. The molecule has 1 heterocycles. The predicted octanol–water partition coefficient (Wildman–Crippen LogP) is 6.72. The van der Waals surface area contributed by atoms with Crippen molar-refractivity contribution >= 4 is 45.6 Å². The van der Waals surface area contributed by atoms with Crippen LogP contribution < -0.4 is 5.32 Å². The fraction of sp³-hybridized carbons (Fsp3) is 0.333. The summed E-state index contributed by atoms with van der Waals surface area (Å²) < 4.78 is 0. The van der Waals surface area contributed by atoms with E-state index in [-0.39, 0.29) is 11.7 Å². The lowest BCUT2D eigenvalue weighted by atomic mass is 9.82. The molecule has 0 amide bonds. The van der Waals surface area contributed by atoms with Crippen LogP contribution in [0.1, 0.15) is 36.1 Å². The Bertz CT molecular complexity index is 1090. The number of phenols is 1. The van der Waals surface area contributed by atoms with Crippen LogP contribution in [0.3, 0.4) is 0 Å². The molecule has 0 aliphatic heterocycles. The number of aliphatic carboxylic acids is 1. The fourth-order valence-corrected chi connectivity index (χ4v) is 5.67. The fourth-order valence-electron chi connectivity index (χ4n) is 4.13. The van der Waals surface area contributed by atoms with Crippen LogP contribution in [0.4, 0.5) is 5.13 Å². The van der Waals surface area contributed by atoms with Crippen molar-refractivity contribution in [3.05, 3.63) is 63.0 Å². The van der Waals surface area contributed by atoms with E-state index < -0.39 is 5.97 Å². The Kier molecular flexibility index (Phi) is 7.23. The topological polar surface area (TPSA) is 82.5 Å². The Morgan fingerprint density at radius 2 is 1.78 bits per heavy atom. The second-order valence-corrected chi connectivity index (χ2v) is 10.1. The number of aromatic hydroxyl groups is 1. The Morgan fingerprint density at radius 1 is 1.09 bits per heavy atom. The zero-order valence-electron chi connectivity index (χ0n) is 17.4. The molecule has 1 saturated carbocycles. The van der Waals surface area contributed by atoms with E-state index in [9.17, 15) is 15.0 Å². The molecule has 3 aromatic rings. The molecule has 0 unspecified atom stereocenters. The van der Waals surface area contributed by atoms with E-state index in [1.165, 1.54) is 0 Å². The SMILES string of the molecule is O=C(O)C1CCC(CNc2nc(-c3cccc(O)c3)c(Cc3c(Cl)cccc3Cl)s2)CC1. The van der Waals surface area contributed by atoms with Gasteiger partial charge in [0.05, 0.1) is 11.6 Å². The van der Waals surface area contributed by atoms with Gasteiger partial charge in [-0.25, -0.2) is 4.98 Å². The van der Waals surface area contributed by atoms with Gasteiger partial charge in [-0.2, -0.15) is 0 Å². The minimum Gasteiger partial charge on any atom is -0.508 e. The molecule has 1 aliphatic carbocycles. The van der Waals surface area contributed by atoms with E-state index in [0.717, 1.165) is 59.1 Å². The maximum absolute atomic E-state index is 11.2. The van der Waals surface area contributed by atoms with E-state index in [0.29, 0.717) is 22.4 Å². The first kappa shape index (κ1) is 22.9. The highest BCUT2D eigenvalue weighted by Crippen LogP contribution is 2.37. The first-order valence-corrected chi connectivity index (χ1v) is 12.2. The molecule has 5 nitrogen and oxygen atoms in total. The van der Waals surface area contributed by atoms with Crippen LogP contribution in [-0.4, -0.2) is 27.7 Å². The molecule has 0 atom stereocenters. The van der Waals surface area contributed by atoms with Crippen LogP contribution in [0.25, 0.3) is 11.3 Å². The molecule has 1 aromatic heterocycles. The van der Waals surface area contributed by atoms with E-state index >= 15 is 0 Å². The van der Waals surface area contributed by atoms with Crippen LogP contribution in [-0.2, 0) is 11.2 Å². The number of nitrogens with one attached hydrogen (secondary N) is 1. The number of hydrogen-bond acceptors (Lipinski definition) is 5. The Labute approximate surface area is 201 Å². The van der Waals surface area contributed by atoms with Gasteiger partial charge in [-0.15, -0.1) is 11.3 Å². The standard InChI is InChI=1S/C24H24Cl2N2O3S/c25-19-5-2-6-20(26)18(19)12-21-22(16-3-1-4-17(29)11-16)28-24(32-21)27-13-14-7-9-15(10-8-14)23(30)31/h1-6,11,14-15,29H,7-10,12-13H2,(H,27,28)(H,30,31). The number of thiazole rings is 1. The smallest absolute Gasteiger partial charge is 0.306 e. The predicted molar refractivity (Wildman–Crippen MR) is 130 cm³/mol. The van der Waals surface area contributed by atoms with Crippen molar-refractivity contribution in [1.29, 1.82) is 0 Å². The van der Waals surface area contributed by atoms with Crippen molar-refractivity contribution in [2.75, 3.05) is 11.9 Å². The summed E-state index contributed by atoms with van der Waals surface area (Å²) >= 11 is 14.4. The molecule has 168 valence electrons. The third kappa shape index (κ3) is 5.37. The Balaban J connectivity index is 1.55. The van der Waals surface area contributed by atoms with Gasteiger partial charge in [-0.05, 0) is 61.4 Å². The van der Waals surface area contributed by atoms with Crippen molar-refractivity contribution in [3.63, 3.8) is 0 Å². The molecule has 0 saturated heterocycles. The van der Waals surface area contributed by atoms with Crippen molar-refractivity contribution < 1.29 is 15.0 Å². The molecule has 0 spiro atoms. The first-order chi connectivity index (χ1) is 15.4. The quantitative estimate of drug-likeness (QED) is 0.342. The monoisotopic (exact) mass is 490 g/mol. The van der Waals surface area contributed by atoms with Crippen LogP contribution in [0, 0.1) is 11.8 Å². The summed E-state index contributed by atoms with van der Waals surface area (Å²) in [4.78, 5) is 17.0. The van der Waals surface area contributed by atoms with Crippen LogP contribution in [0.15, 0.2) is 42.5 Å². The summed E-state index contributed by atoms with van der Waals surface area (Å²) in [7, 11) is 0. The molecule has 1 aliphatic rings. The molecule has 8 heteroatoms. The summed E-state index contributed by atoms with van der Waals surface area (Å²) in [5.74, 6) is -0.285. The number of phenolic OH excluding ortho intramolecular Hbond substituents is 1. The number of benzene rings is 2. The van der Waals surface area contributed by atoms with Gasteiger partial charge in [-0.3, -0.25) is 4.79 Å². The second kappa shape index (κ2) is 10.1. The Morgan fingerprint density at radius 3 is 2.44 bits per heavy atom. The van der Waals surface area contributed by atoms with Gasteiger partial charge in [-0.1, -0.05) is 41.4 Å². The lowest BCUT2D eigenvalue weighted by Crippen LogP contribution is -2.25. The number of rotatable bonds is 7. The van der Waals surface area contributed by atoms with E-state index in [2.05, 4.69) is 5.32 Å². The number of hydrogen-bond donors (Lipinski definition) is 3. The molecule has 4 rings (SSSR count). The first-order valence-electron chi connectivity index (χ1n) is 10.6. The molecule has 1 fully saturated rings. The van der Waals surface area contributed by atoms with Crippen LogP contribution >= 0.6 is 34.5 Å². The minimum absolute atomic E-state index is 0.182. The minimum atomic E-state index is -0.685. The molecular formula is C24H24Cl2N2O3S. The highest BCUT2D eigenvalue weighted by Gasteiger charge is 2.26. The average molecular weight is 491 g/mol. The zero-order valence-corrected chi connectivity index (χ0v) is 19.7. The third-order valence-corrected chi connectivity index (χ3v) is 7.68. The van der Waals surface area contributed by atoms with Gasteiger partial charge in [0, 0.05) is 33.5 Å². The van der Waals surface area contributed by atoms with Gasteiger partial charge in [0.2, 0.25) is 0 Å². The Hall–Kier alpha value is -2.28. The summed E-state index contributed by atoms with van der Waals surface area (Å²) in [6.45, 7) is 0.756. The molecule has 32 heavy (non-hydrogen) atoms. The van der Waals surface area contributed by atoms with Crippen molar-refractivity contribution in [2.24, 2.45) is 11.8 Å². The number of anilines is 1. The average Bonchev–Trinajstić information content (AvgIpc) is 3.18. The number of carbonyl (C=O) groups is 1. The largest absolute Gasteiger partial charge is 0.508 e.